The number of carboxylic acid groups (broad SMARTS) is 1. The summed E-state index contributed by atoms with van der Waals surface area (Å²) in [4.78, 5) is 59.2. The highest BCUT2D eigenvalue weighted by molar-refractivity contribution is 5.86. The van der Waals surface area contributed by atoms with Gasteiger partial charge >= 0.3 is 5.97 Å². The lowest BCUT2D eigenvalue weighted by Crippen LogP contribution is -2.47. The monoisotopic (exact) mass is 356 g/mol. The van der Waals surface area contributed by atoms with Crippen molar-refractivity contribution in [2.75, 3.05) is 19.6 Å². The summed E-state index contributed by atoms with van der Waals surface area (Å²) in [5, 5.41) is 11.4. The first-order chi connectivity index (χ1) is 11.5. The van der Waals surface area contributed by atoms with Gasteiger partial charge in [0.05, 0.1) is 25.0 Å². The maximum Gasteiger partial charge on any atom is 0.308 e. The fourth-order valence-electron chi connectivity index (χ4n) is 2.38. The van der Waals surface area contributed by atoms with Gasteiger partial charge in [-0.05, 0) is 27.2 Å². The van der Waals surface area contributed by atoms with Gasteiger partial charge in [0.15, 0.2) is 0 Å². The number of nitrogens with one attached hydrogen (secondary N) is 1. The van der Waals surface area contributed by atoms with Gasteiger partial charge in [0, 0.05) is 12.5 Å². The van der Waals surface area contributed by atoms with Crippen LogP contribution in [0.25, 0.3) is 0 Å². The maximum absolute atomic E-state index is 12.1. The smallest absolute Gasteiger partial charge is 0.308 e. The number of hydrogen-bond donors (Lipinski definition) is 2. The van der Waals surface area contributed by atoms with E-state index >= 15 is 0 Å². The molecule has 0 saturated heterocycles. The van der Waals surface area contributed by atoms with Crippen LogP contribution in [0, 0.1) is 11.8 Å². The van der Waals surface area contributed by atoms with Crippen molar-refractivity contribution >= 4 is 29.2 Å². The number of amides is 1. The lowest BCUT2D eigenvalue weighted by Gasteiger charge is -2.30. The Morgan fingerprint density at radius 1 is 0.920 bits per heavy atom. The van der Waals surface area contributed by atoms with Crippen LogP contribution in [-0.4, -0.2) is 64.9 Å². The predicted molar refractivity (Wildman–Crippen MR) is 91.0 cm³/mol. The highest BCUT2D eigenvalue weighted by Gasteiger charge is 2.29. The van der Waals surface area contributed by atoms with Gasteiger partial charge in [-0.25, -0.2) is 0 Å². The van der Waals surface area contributed by atoms with Crippen molar-refractivity contribution in [1.82, 2.24) is 10.2 Å². The molecule has 0 aliphatic rings. The van der Waals surface area contributed by atoms with Crippen LogP contribution in [0.15, 0.2) is 0 Å². The number of carbonyl (C=O) groups excluding carboxylic acids is 4. The molecule has 0 spiro atoms. The number of nitrogens with zero attached hydrogens (tertiary/aromatic N) is 1. The molecule has 8 heteroatoms. The fraction of sp³-hybridized carbons (Fsp3) is 0.706. The zero-order valence-electron chi connectivity index (χ0n) is 15.5. The van der Waals surface area contributed by atoms with Crippen LogP contribution in [0.1, 0.15) is 41.0 Å². The normalized spacial score (nSPS) is 14.5. The molecule has 3 unspecified atom stereocenters. The van der Waals surface area contributed by atoms with Crippen LogP contribution < -0.4 is 5.32 Å². The average Bonchev–Trinajstić information content (AvgIpc) is 2.47. The second-order valence-electron chi connectivity index (χ2n) is 6.56. The van der Waals surface area contributed by atoms with Crippen molar-refractivity contribution in [3.8, 4) is 0 Å². The average molecular weight is 356 g/mol. The van der Waals surface area contributed by atoms with Crippen LogP contribution in [0.3, 0.4) is 0 Å². The molecule has 0 aliphatic heterocycles. The minimum absolute atomic E-state index is 0.00610. The van der Waals surface area contributed by atoms with E-state index in [1.807, 2.05) is 0 Å². The summed E-state index contributed by atoms with van der Waals surface area (Å²) in [6, 6.07) is -0.731. The zero-order valence-corrected chi connectivity index (χ0v) is 15.5. The quantitative estimate of drug-likeness (QED) is 0.515. The van der Waals surface area contributed by atoms with E-state index < -0.39 is 23.8 Å². The summed E-state index contributed by atoms with van der Waals surface area (Å²) < 4.78 is 0. The molecular weight excluding hydrogens is 328 g/mol. The lowest BCUT2D eigenvalue weighted by atomic mass is 9.96. The molecule has 8 nitrogen and oxygen atoms in total. The molecule has 0 saturated carbocycles. The standard InChI is InChI=1S/C17H28N2O6/c1-10(16(23)18-7-11(2)17(24)25)6-15(14(5)22)19(8-12(3)20)9-13(4)21/h10-11,15H,6-9H2,1-5H3,(H,18,23)(H,24,25). The number of carbonyl (C=O) groups is 5. The van der Waals surface area contributed by atoms with Crippen molar-refractivity contribution in [2.24, 2.45) is 11.8 Å². The highest BCUT2D eigenvalue weighted by Crippen LogP contribution is 2.14. The summed E-state index contributed by atoms with van der Waals surface area (Å²) in [5.41, 5.74) is 0. The van der Waals surface area contributed by atoms with Crippen LogP contribution in [0.4, 0.5) is 0 Å². The Hall–Kier alpha value is -2.09. The van der Waals surface area contributed by atoms with Crippen molar-refractivity contribution in [3.63, 3.8) is 0 Å². The Morgan fingerprint density at radius 3 is 1.76 bits per heavy atom. The van der Waals surface area contributed by atoms with Gasteiger partial charge in [-0.15, -0.1) is 0 Å². The van der Waals surface area contributed by atoms with Crippen LogP contribution in [0.2, 0.25) is 0 Å². The molecule has 0 radical (unpaired) electrons. The third-order valence-electron chi connectivity index (χ3n) is 3.79. The first-order valence-corrected chi connectivity index (χ1v) is 8.19. The maximum atomic E-state index is 12.1. The van der Waals surface area contributed by atoms with Crippen molar-refractivity contribution in [2.45, 2.75) is 47.1 Å². The Labute approximate surface area is 147 Å². The van der Waals surface area contributed by atoms with Crippen LogP contribution >= 0.6 is 0 Å². The largest absolute Gasteiger partial charge is 0.481 e. The van der Waals surface area contributed by atoms with E-state index in [2.05, 4.69) is 5.32 Å². The third-order valence-corrected chi connectivity index (χ3v) is 3.79. The minimum Gasteiger partial charge on any atom is -0.481 e. The van der Waals surface area contributed by atoms with Crippen molar-refractivity contribution < 1.29 is 29.1 Å². The molecule has 0 aromatic carbocycles. The lowest BCUT2D eigenvalue weighted by molar-refractivity contribution is -0.141. The number of hydrogen-bond acceptors (Lipinski definition) is 6. The molecule has 0 rings (SSSR count). The predicted octanol–water partition coefficient (Wildman–Crippen LogP) is 0.287. The molecule has 0 aromatic heterocycles. The van der Waals surface area contributed by atoms with E-state index in [4.69, 9.17) is 5.11 Å². The molecule has 1 amide bonds. The summed E-state index contributed by atoms with van der Waals surface area (Å²) in [6.07, 6.45) is 0.142. The molecule has 2 N–H and O–H groups in total. The molecule has 142 valence electrons. The number of rotatable bonds is 12. The minimum atomic E-state index is -1.01. The van der Waals surface area contributed by atoms with Gasteiger partial charge in [0.2, 0.25) is 5.91 Å². The second-order valence-corrected chi connectivity index (χ2v) is 6.56. The number of aliphatic carboxylic acids is 1. The summed E-state index contributed by atoms with van der Waals surface area (Å²) in [7, 11) is 0. The molecule has 0 aromatic rings. The Bertz CT molecular complexity index is 515. The molecule has 0 aliphatic carbocycles. The molecule has 25 heavy (non-hydrogen) atoms. The van der Waals surface area contributed by atoms with Gasteiger partial charge in [-0.1, -0.05) is 13.8 Å². The second kappa shape index (κ2) is 10.7. The Kier molecular flexibility index (Phi) is 9.81. The van der Waals surface area contributed by atoms with Crippen LogP contribution in [0.5, 0.6) is 0 Å². The molecule has 0 bridgehead atoms. The van der Waals surface area contributed by atoms with Gasteiger partial charge in [0.1, 0.15) is 17.3 Å². The van der Waals surface area contributed by atoms with E-state index in [9.17, 15) is 24.0 Å². The molecule has 0 fully saturated rings. The van der Waals surface area contributed by atoms with Gasteiger partial charge in [-0.2, -0.15) is 0 Å². The third kappa shape index (κ3) is 9.09. The molecular formula is C17H28N2O6. The van der Waals surface area contributed by atoms with Crippen LogP contribution in [-0.2, 0) is 24.0 Å². The van der Waals surface area contributed by atoms with Gasteiger partial charge < -0.3 is 10.4 Å². The topological polar surface area (TPSA) is 121 Å². The molecule has 3 atom stereocenters. The zero-order chi connectivity index (χ0) is 19.7. The van der Waals surface area contributed by atoms with Crippen molar-refractivity contribution in [1.29, 1.82) is 0 Å². The number of carboxylic acids is 1. The SMILES string of the molecule is CC(=O)CN(CC(C)=O)C(CC(C)C(=O)NCC(C)C(=O)O)C(C)=O. The summed E-state index contributed by atoms with van der Waals surface area (Å²) in [6.45, 7) is 7.09. The fourth-order valence-corrected chi connectivity index (χ4v) is 2.38. The van der Waals surface area contributed by atoms with E-state index in [1.54, 1.807) is 6.92 Å². The van der Waals surface area contributed by atoms with Gasteiger partial charge in [0.25, 0.3) is 0 Å². The first kappa shape index (κ1) is 22.9. The highest BCUT2D eigenvalue weighted by atomic mass is 16.4. The molecule has 0 heterocycles. The summed E-state index contributed by atoms with van der Waals surface area (Å²) in [5.74, 6) is -3.27. The van der Waals surface area contributed by atoms with E-state index in [0.717, 1.165) is 0 Å². The number of ketones is 3. The van der Waals surface area contributed by atoms with E-state index in [-0.39, 0.29) is 49.3 Å². The van der Waals surface area contributed by atoms with Crippen molar-refractivity contribution in [3.05, 3.63) is 0 Å². The Morgan fingerprint density at radius 2 is 1.40 bits per heavy atom. The first-order valence-electron chi connectivity index (χ1n) is 8.19. The van der Waals surface area contributed by atoms with E-state index in [1.165, 1.54) is 32.6 Å². The number of Topliss-reactive ketones (excluding diaryl/α,β-unsaturated/α-hetero) is 3. The summed E-state index contributed by atoms with van der Waals surface area (Å²) >= 11 is 0. The van der Waals surface area contributed by atoms with Gasteiger partial charge in [-0.3, -0.25) is 28.9 Å². The van der Waals surface area contributed by atoms with E-state index in [0.29, 0.717) is 0 Å². The Balaban J connectivity index is 4.99.